The van der Waals surface area contributed by atoms with E-state index in [1.165, 1.54) is 23.5 Å². The van der Waals surface area contributed by atoms with Gasteiger partial charge in [-0.1, -0.05) is 11.3 Å². The first-order valence-corrected chi connectivity index (χ1v) is 5.30. The van der Waals surface area contributed by atoms with Crippen molar-refractivity contribution in [3.63, 3.8) is 0 Å². The zero-order valence-corrected chi connectivity index (χ0v) is 9.23. The van der Waals surface area contributed by atoms with Gasteiger partial charge in [-0.05, 0) is 30.7 Å². The lowest BCUT2D eigenvalue weighted by Gasteiger charge is -2.00. The van der Waals surface area contributed by atoms with Crippen LogP contribution in [0.5, 0.6) is 0 Å². The van der Waals surface area contributed by atoms with Crippen LogP contribution in [0.3, 0.4) is 0 Å². The molecule has 78 valence electrons. The van der Waals surface area contributed by atoms with Crippen molar-refractivity contribution >= 4 is 16.5 Å². The SMILES string of the molecule is CNc1nnc(-c2ccc(F)cc2C)s1. The molecular formula is C10H10FN3S. The largest absolute Gasteiger partial charge is 0.363 e. The molecular weight excluding hydrogens is 213 g/mol. The molecule has 1 heterocycles. The number of halogens is 1. The summed E-state index contributed by atoms with van der Waals surface area (Å²) in [5, 5.41) is 12.4. The van der Waals surface area contributed by atoms with Gasteiger partial charge in [-0.25, -0.2) is 4.39 Å². The lowest BCUT2D eigenvalue weighted by molar-refractivity contribution is 0.627. The van der Waals surface area contributed by atoms with Crippen molar-refractivity contribution in [3.8, 4) is 10.6 Å². The molecule has 0 saturated carbocycles. The van der Waals surface area contributed by atoms with E-state index >= 15 is 0 Å². The fourth-order valence-corrected chi connectivity index (χ4v) is 2.09. The number of hydrogen-bond acceptors (Lipinski definition) is 4. The molecule has 0 radical (unpaired) electrons. The second-order valence-corrected chi connectivity index (χ2v) is 4.10. The van der Waals surface area contributed by atoms with Crippen molar-refractivity contribution < 1.29 is 4.39 Å². The fourth-order valence-electron chi connectivity index (χ4n) is 1.30. The Labute approximate surface area is 91.0 Å². The Morgan fingerprint density at radius 3 is 2.73 bits per heavy atom. The topological polar surface area (TPSA) is 37.8 Å². The van der Waals surface area contributed by atoms with Crippen LogP contribution in [0.15, 0.2) is 18.2 Å². The third kappa shape index (κ3) is 1.97. The molecule has 0 spiro atoms. The summed E-state index contributed by atoms with van der Waals surface area (Å²) in [4.78, 5) is 0. The third-order valence-corrected chi connectivity index (χ3v) is 3.03. The Balaban J connectivity index is 2.44. The van der Waals surface area contributed by atoms with Gasteiger partial charge in [0.15, 0.2) is 0 Å². The van der Waals surface area contributed by atoms with Crippen molar-refractivity contribution in [2.75, 3.05) is 12.4 Å². The number of benzene rings is 1. The van der Waals surface area contributed by atoms with E-state index in [4.69, 9.17) is 0 Å². The van der Waals surface area contributed by atoms with Crippen molar-refractivity contribution in [3.05, 3.63) is 29.6 Å². The summed E-state index contributed by atoms with van der Waals surface area (Å²) in [5.41, 5.74) is 1.80. The molecule has 0 fully saturated rings. The zero-order chi connectivity index (χ0) is 10.8. The zero-order valence-electron chi connectivity index (χ0n) is 8.41. The molecule has 0 bridgehead atoms. The van der Waals surface area contributed by atoms with E-state index < -0.39 is 0 Å². The lowest BCUT2D eigenvalue weighted by atomic mass is 10.1. The van der Waals surface area contributed by atoms with Crippen LogP contribution >= 0.6 is 11.3 Å². The van der Waals surface area contributed by atoms with E-state index in [0.29, 0.717) is 0 Å². The minimum Gasteiger partial charge on any atom is -0.363 e. The molecule has 3 nitrogen and oxygen atoms in total. The van der Waals surface area contributed by atoms with Crippen LogP contribution in [-0.2, 0) is 0 Å². The predicted molar refractivity (Wildman–Crippen MR) is 59.6 cm³/mol. The highest BCUT2D eigenvalue weighted by Crippen LogP contribution is 2.28. The first kappa shape index (κ1) is 10.0. The molecule has 0 unspecified atom stereocenters. The van der Waals surface area contributed by atoms with Crippen molar-refractivity contribution in [2.24, 2.45) is 0 Å². The second kappa shape index (κ2) is 3.94. The number of nitrogens with zero attached hydrogens (tertiary/aromatic N) is 2. The molecule has 0 aliphatic carbocycles. The van der Waals surface area contributed by atoms with Crippen LogP contribution in [0.4, 0.5) is 9.52 Å². The van der Waals surface area contributed by atoms with Gasteiger partial charge in [0.1, 0.15) is 10.8 Å². The number of rotatable bonds is 2. The summed E-state index contributed by atoms with van der Waals surface area (Å²) < 4.78 is 12.9. The van der Waals surface area contributed by atoms with Gasteiger partial charge >= 0.3 is 0 Å². The van der Waals surface area contributed by atoms with Crippen LogP contribution < -0.4 is 5.32 Å². The summed E-state index contributed by atoms with van der Waals surface area (Å²) in [6, 6.07) is 4.66. The van der Waals surface area contributed by atoms with E-state index in [1.54, 1.807) is 13.1 Å². The molecule has 0 aliphatic rings. The standard InChI is InChI=1S/C10H10FN3S/c1-6-5-7(11)3-4-8(6)9-13-14-10(12-2)15-9/h3-5H,1-2H3,(H,12,14). The van der Waals surface area contributed by atoms with Gasteiger partial charge in [0.2, 0.25) is 5.13 Å². The minimum absolute atomic E-state index is 0.227. The van der Waals surface area contributed by atoms with Gasteiger partial charge in [0, 0.05) is 12.6 Å². The van der Waals surface area contributed by atoms with Gasteiger partial charge < -0.3 is 5.32 Å². The van der Waals surface area contributed by atoms with E-state index in [1.807, 2.05) is 6.92 Å². The summed E-state index contributed by atoms with van der Waals surface area (Å²) >= 11 is 1.45. The molecule has 0 saturated heterocycles. The highest BCUT2D eigenvalue weighted by atomic mass is 32.1. The first-order valence-electron chi connectivity index (χ1n) is 4.48. The molecule has 2 rings (SSSR count). The van der Waals surface area contributed by atoms with Gasteiger partial charge in [0.05, 0.1) is 0 Å². The fraction of sp³-hybridized carbons (Fsp3) is 0.200. The van der Waals surface area contributed by atoms with Crippen molar-refractivity contribution in [2.45, 2.75) is 6.92 Å². The Kier molecular flexibility index (Phi) is 2.64. The third-order valence-electron chi connectivity index (χ3n) is 2.06. The maximum Gasteiger partial charge on any atom is 0.205 e. The molecule has 0 amide bonds. The van der Waals surface area contributed by atoms with E-state index in [0.717, 1.165) is 21.3 Å². The minimum atomic E-state index is -0.227. The first-order chi connectivity index (χ1) is 7.20. The monoisotopic (exact) mass is 223 g/mol. The maximum absolute atomic E-state index is 12.9. The Hall–Kier alpha value is -1.49. The van der Waals surface area contributed by atoms with Gasteiger partial charge in [0.25, 0.3) is 0 Å². The molecule has 0 atom stereocenters. The summed E-state index contributed by atoms with van der Waals surface area (Å²) in [5.74, 6) is -0.227. The Bertz CT molecular complexity index is 481. The molecule has 1 N–H and O–H groups in total. The normalized spacial score (nSPS) is 10.3. The van der Waals surface area contributed by atoms with Gasteiger partial charge in [-0.3, -0.25) is 0 Å². The van der Waals surface area contributed by atoms with Crippen molar-refractivity contribution in [1.29, 1.82) is 0 Å². The number of nitrogens with one attached hydrogen (secondary N) is 1. The average Bonchev–Trinajstić information content (AvgIpc) is 2.66. The smallest absolute Gasteiger partial charge is 0.205 e. The summed E-state index contributed by atoms with van der Waals surface area (Å²) in [6.45, 7) is 1.86. The quantitative estimate of drug-likeness (QED) is 0.850. The summed E-state index contributed by atoms with van der Waals surface area (Å²) in [6.07, 6.45) is 0. The van der Waals surface area contributed by atoms with E-state index in [2.05, 4.69) is 15.5 Å². The van der Waals surface area contributed by atoms with E-state index in [-0.39, 0.29) is 5.82 Å². The highest BCUT2D eigenvalue weighted by molar-refractivity contribution is 7.18. The number of anilines is 1. The summed E-state index contributed by atoms with van der Waals surface area (Å²) in [7, 11) is 1.79. The Morgan fingerprint density at radius 2 is 2.13 bits per heavy atom. The highest BCUT2D eigenvalue weighted by Gasteiger charge is 2.08. The van der Waals surface area contributed by atoms with Crippen LogP contribution in [0.2, 0.25) is 0 Å². The van der Waals surface area contributed by atoms with Crippen LogP contribution in [0.25, 0.3) is 10.6 Å². The van der Waals surface area contributed by atoms with Crippen LogP contribution in [0, 0.1) is 12.7 Å². The molecule has 5 heteroatoms. The van der Waals surface area contributed by atoms with Crippen LogP contribution in [-0.4, -0.2) is 17.2 Å². The number of aryl methyl sites for hydroxylation is 1. The van der Waals surface area contributed by atoms with Gasteiger partial charge in [-0.2, -0.15) is 0 Å². The molecule has 2 aromatic rings. The number of hydrogen-bond donors (Lipinski definition) is 1. The molecule has 15 heavy (non-hydrogen) atoms. The second-order valence-electron chi connectivity index (χ2n) is 3.12. The van der Waals surface area contributed by atoms with Crippen LogP contribution in [0.1, 0.15) is 5.56 Å². The predicted octanol–water partition coefficient (Wildman–Crippen LogP) is 2.69. The molecule has 1 aromatic carbocycles. The Morgan fingerprint density at radius 1 is 1.33 bits per heavy atom. The van der Waals surface area contributed by atoms with Crippen molar-refractivity contribution in [1.82, 2.24) is 10.2 Å². The average molecular weight is 223 g/mol. The molecule has 1 aromatic heterocycles. The molecule has 0 aliphatic heterocycles. The lowest BCUT2D eigenvalue weighted by Crippen LogP contribution is -1.85. The van der Waals surface area contributed by atoms with Gasteiger partial charge in [-0.15, -0.1) is 10.2 Å². The number of aromatic nitrogens is 2. The van der Waals surface area contributed by atoms with E-state index in [9.17, 15) is 4.39 Å². The maximum atomic E-state index is 12.9.